The molecule has 0 radical (unpaired) electrons. The van der Waals surface area contributed by atoms with Crippen LogP contribution < -0.4 is 14.4 Å². The minimum atomic E-state index is -4.00. The number of anilines is 2. The summed E-state index contributed by atoms with van der Waals surface area (Å²) in [4.78, 5) is 16.9. The molecule has 0 saturated carbocycles. The fourth-order valence-corrected chi connectivity index (χ4v) is 8.15. The van der Waals surface area contributed by atoms with Crippen LogP contribution in [0.2, 0.25) is 0 Å². The summed E-state index contributed by atoms with van der Waals surface area (Å²) in [5.74, 6) is 0.389. The summed E-state index contributed by atoms with van der Waals surface area (Å²) in [6, 6.07) is 17.7. The molecule has 1 unspecified atom stereocenters. The van der Waals surface area contributed by atoms with Crippen LogP contribution in [-0.4, -0.2) is 43.1 Å². The monoisotopic (exact) mass is 653 g/mol. The van der Waals surface area contributed by atoms with Crippen molar-refractivity contribution in [1.82, 2.24) is 15.0 Å². The number of hydrogen-bond donors (Lipinski definition) is 1. The number of pyridine rings is 1. The fourth-order valence-electron chi connectivity index (χ4n) is 7.15. The summed E-state index contributed by atoms with van der Waals surface area (Å²) in [6.07, 6.45) is 7.23. The second kappa shape index (κ2) is 13.3. The molecule has 6 rings (SSSR count). The molecule has 4 bridgehead atoms. The first-order valence-corrected chi connectivity index (χ1v) is 18.3. The zero-order chi connectivity index (χ0) is 33.3. The van der Waals surface area contributed by atoms with E-state index in [1.54, 1.807) is 12.1 Å². The van der Waals surface area contributed by atoms with Gasteiger partial charge in [0, 0.05) is 35.8 Å². The Balaban J connectivity index is 1.44. The SMILES string of the molecule is Cc1cccc(C)c1-c1nc2nc(c1C)OC[C@@H](CC(C)(C)C)C(Cc1ccc(N3CCCCC3)cn1)c1cccc(c1)S(=O)(=O)N2. The van der Waals surface area contributed by atoms with Gasteiger partial charge in [0.15, 0.2) is 0 Å². The number of ether oxygens (including phenoxy) is 1. The van der Waals surface area contributed by atoms with Crippen LogP contribution >= 0.6 is 0 Å². The van der Waals surface area contributed by atoms with Crippen LogP contribution in [-0.2, 0) is 16.4 Å². The van der Waals surface area contributed by atoms with Gasteiger partial charge in [-0.2, -0.15) is 4.98 Å². The second-order valence-corrected chi connectivity index (χ2v) is 16.2. The highest BCUT2D eigenvalue weighted by molar-refractivity contribution is 7.92. The zero-order valence-corrected chi connectivity index (χ0v) is 29.3. The van der Waals surface area contributed by atoms with Crippen molar-refractivity contribution in [2.75, 3.05) is 29.3 Å². The van der Waals surface area contributed by atoms with Gasteiger partial charge in [0.1, 0.15) is 0 Å². The van der Waals surface area contributed by atoms with Crippen molar-refractivity contribution in [3.8, 4) is 17.1 Å². The molecular weight excluding hydrogens is 607 g/mol. The van der Waals surface area contributed by atoms with Crippen molar-refractivity contribution < 1.29 is 13.2 Å². The van der Waals surface area contributed by atoms with Crippen LogP contribution in [0, 0.1) is 32.1 Å². The van der Waals surface area contributed by atoms with E-state index in [4.69, 9.17) is 14.7 Å². The van der Waals surface area contributed by atoms with E-state index >= 15 is 0 Å². The molecule has 2 atom stereocenters. The number of rotatable bonds is 5. The molecule has 248 valence electrons. The molecule has 4 heterocycles. The lowest BCUT2D eigenvalue weighted by Gasteiger charge is -2.33. The Morgan fingerprint density at radius 3 is 2.34 bits per heavy atom. The second-order valence-electron chi connectivity index (χ2n) is 14.5. The van der Waals surface area contributed by atoms with Gasteiger partial charge in [0.05, 0.1) is 29.1 Å². The number of nitrogens with zero attached hydrogens (tertiary/aromatic N) is 4. The number of fused-ring (bicyclic) bond motifs is 4. The number of aromatic nitrogens is 3. The van der Waals surface area contributed by atoms with Crippen molar-refractivity contribution in [2.45, 2.75) is 84.5 Å². The third-order valence-electron chi connectivity index (χ3n) is 9.48. The third kappa shape index (κ3) is 7.45. The lowest BCUT2D eigenvalue weighted by Crippen LogP contribution is -2.29. The minimum absolute atomic E-state index is 0.00357. The highest BCUT2D eigenvalue weighted by Gasteiger charge is 2.32. The van der Waals surface area contributed by atoms with Gasteiger partial charge in [-0.05, 0) is 105 Å². The Labute approximate surface area is 280 Å². The summed E-state index contributed by atoms with van der Waals surface area (Å²) >= 11 is 0. The zero-order valence-electron chi connectivity index (χ0n) is 28.5. The van der Waals surface area contributed by atoms with Crippen LogP contribution in [0.4, 0.5) is 11.6 Å². The molecule has 1 N–H and O–H groups in total. The van der Waals surface area contributed by atoms with Crippen molar-refractivity contribution in [3.63, 3.8) is 0 Å². The van der Waals surface area contributed by atoms with E-state index in [0.717, 1.165) is 58.7 Å². The van der Waals surface area contributed by atoms with Crippen molar-refractivity contribution in [3.05, 3.63) is 88.7 Å². The van der Waals surface area contributed by atoms with Gasteiger partial charge < -0.3 is 9.64 Å². The quantitative estimate of drug-likeness (QED) is 0.233. The smallest absolute Gasteiger partial charge is 0.264 e. The number of sulfonamides is 1. The van der Waals surface area contributed by atoms with Gasteiger partial charge >= 0.3 is 0 Å². The van der Waals surface area contributed by atoms with E-state index in [0.29, 0.717) is 24.6 Å². The minimum Gasteiger partial charge on any atom is -0.477 e. The van der Waals surface area contributed by atoms with Gasteiger partial charge in [0.25, 0.3) is 10.0 Å². The Bertz CT molecular complexity index is 1820. The standard InChI is InChI=1S/C38H47N5O3S/c1-25-12-10-13-26(2)34(25)35-27(3)36-41-37(40-35)42-47(44,45)32-15-11-14-28(20-32)33(29(24-46-36)22-38(4,5)6)21-30-16-17-31(23-39-30)43-18-8-7-9-19-43/h10-17,20,23,29,33H,7-9,18-19,21-22,24H2,1-6H3,(H,40,41,42)/t29-,33?/m1/s1. The van der Waals surface area contributed by atoms with Gasteiger partial charge in [-0.3, -0.25) is 4.98 Å². The molecule has 2 aromatic carbocycles. The molecule has 8 nitrogen and oxygen atoms in total. The first-order chi connectivity index (χ1) is 22.4. The number of benzene rings is 2. The molecule has 1 fully saturated rings. The van der Waals surface area contributed by atoms with Crippen molar-refractivity contribution >= 4 is 21.7 Å². The highest BCUT2D eigenvalue weighted by Crippen LogP contribution is 2.40. The van der Waals surface area contributed by atoms with Crippen LogP contribution in [0.5, 0.6) is 5.88 Å². The third-order valence-corrected chi connectivity index (χ3v) is 10.8. The molecule has 0 aliphatic carbocycles. The number of piperidine rings is 1. The van der Waals surface area contributed by atoms with Gasteiger partial charge in [-0.25, -0.2) is 18.1 Å². The summed E-state index contributed by atoms with van der Waals surface area (Å²) in [7, 11) is -4.00. The lowest BCUT2D eigenvalue weighted by molar-refractivity contribution is 0.165. The maximum absolute atomic E-state index is 13.9. The van der Waals surface area contributed by atoms with Gasteiger partial charge in [-0.1, -0.05) is 51.1 Å². The van der Waals surface area contributed by atoms with Crippen LogP contribution in [0.15, 0.2) is 65.7 Å². The Morgan fingerprint density at radius 1 is 0.936 bits per heavy atom. The Hall–Kier alpha value is -3.98. The average Bonchev–Trinajstić information content (AvgIpc) is 3.03. The summed E-state index contributed by atoms with van der Waals surface area (Å²) in [6.45, 7) is 15.3. The molecule has 2 aromatic heterocycles. The highest BCUT2D eigenvalue weighted by atomic mass is 32.2. The lowest BCUT2D eigenvalue weighted by atomic mass is 9.74. The first-order valence-electron chi connectivity index (χ1n) is 16.8. The first kappa shape index (κ1) is 32.9. The average molecular weight is 654 g/mol. The molecule has 2 aliphatic heterocycles. The predicted molar refractivity (Wildman–Crippen MR) is 189 cm³/mol. The van der Waals surface area contributed by atoms with Crippen molar-refractivity contribution in [1.29, 1.82) is 0 Å². The Morgan fingerprint density at radius 2 is 1.66 bits per heavy atom. The molecule has 9 heteroatoms. The van der Waals surface area contributed by atoms with Crippen molar-refractivity contribution in [2.24, 2.45) is 11.3 Å². The number of aryl methyl sites for hydroxylation is 2. The fraction of sp³-hybridized carbons (Fsp3) is 0.447. The molecule has 47 heavy (non-hydrogen) atoms. The maximum atomic E-state index is 13.9. The molecule has 4 aromatic rings. The van der Waals surface area contributed by atoms with E-state index in [1.807, 2.05) is 57.3 Å². The van der Waals surface area contributed by atoms with Gasteiger partial charge in [0.2, 0.25) is 11.8 Å². The summed E-state index contributed by atoms with van der Waals surface area (Å²) < 4.78 is 37.0. The molecular formula is C38H47N5O3S. The van der Waals surface area contributed by atoms with E-state index in [9.17, 15) is 8.42 Å². The van der Waals surface area contributed by atoms with Gasteiger partial charge in [-0.15, -0.1) is 0 Å². The molecule has 0 amide bonds. The topological polar surface area (TPSA) is 97.3 Å². The predicted octanol–water partition coefficient (Wildman–Crippen LogP) is 8.03. The van der Waals surface area contributed by atoms with Crippen LogP contribution in [0.3, 0.4) is 0 Å². The molecule has 1 saturated heterocycles. The Kier molecular flexibility index (Phi) is 9.29. The summed E-state index contributed by atoms with van der Waals surface area (Å²) in [5, 5.41) is 0. The molecule has 2 aliphatic rings. The number of nitrogens with one attached hydrogen (secondary N) is 1. The van der Waals surface area contributed by atoms with E-state index in [-0.39, 0.29) is 28.1 Å². The maximum Gasteiger partial charge on any atom is 0.264 e. The molecule has 0 spiro atoms. The van der Waals surface area contributed by atoms with E-state index in [1.165, 1.54) is 19.3 Å². The normalized spacial score (nSPS) is 19.6. The summed E-state index contributed by atoms with van der Waals surface area (Å²) in [5.41, 5.74) is 7.57. The largest absolute Gasteiger partial charge is 0.477 e. The van der Waals surface area contributed by atoms with Crippen LogP contribution in [0.1, 0.15) is 80.3 Å². The van der Waals surface area contributed by atoms with Crippen LogP contribution in [0.25, 0.3) is 11.3 Å². The number of hydrogen-bond acceptors (Lipinski definition) is 7. The van der Waals surface area contributed by atoms with E-state index in [2.05, 4.69) is 47.5 Å². The van der Waals surface area contributed by atoms with E-state index < -0.39 is 10.0 Å².